The van der Waals surface area contributed by atoms with E-state index in [0.29, 0.717) is 31.5 Å². The molecular weight excluding hydrogens is 288 g/mol. The number of nitrogens with one attached hydrogen (secondary N) is 1. The zero-order valence-electron chi connectivity index (χ0n) is 11.9. The lowest BCUT2D eigenvalue weighted by Gasteiger charge is -2.15. The molecule has 0 aromatic carbocycles. The Balaban J connectivity index is 1.64. The van der Waals surface area contributed by atoms with E-state index in [0.717, 1.165) is 5.76 Å². The van der Waals surface area contributed by atoms with Gasteiger partial charge in [-0.25, -0.2) is 0 Å². The van der Waals surface area contributed by atoms with Gasteiger partial charge in [-0.1, -0.05) is 0 Å². The van der Waals surface area contributed by atoms with Gasteiger partial charge in [0.2, 0.25) is 5.91 Å². The fourth-order valence-electron chi connectivity index (χ4n) is 1.85. The molecule has 0 aliphatic carbocycles. The summed E-state index contributed by atoms with van der Waals surface area (Å²) in [6.45, 7) is 0.960. The lowest BCUT2D eigenvalue weighted by molar-refractivity contribution is -0.130. The Bertz CT molecular complexity index is 564. The largest absolute Gasteiger partial charge is 0.467 e. The third kappa shape index (κ3) is 4.75. The summed E-state index contributed by atoms with van der Waals surface area (Å²) >= 11 is 1.49. The van der Waals surface area contributed by atoms with Gasteiger partial charge in [0.1, 0.15) is 5.76 Å². The summed E-state index contributed by atoms with van der Waals surface area (Å²) in [6.07, 6.45) is 2.62. The molecule has 0 fully saturated rings. The van der Waals surface area contributed by atoms with Crippen molar-refractivity contribution in [1.82, 2.24) is 10.2 Å². The molecule has 0 saturated heterocycles. The van der Waals surface area contributed by atoms with Crippen molar-refractivity contribution in [3.63, 3.8) is 0 Å². The van der Waals surface area contributed by atoms with Crippen LogP contribution in [0.15, 0.2) is 39.6 Å². The van der Waals surface area contributed by atoms with Crippen molar-refractivity contribution in [2.75, 3.05) is 13.6 Å². The molecule has 0 aliphatic rings. The highest BCUT2D eigenvalue weighted by atomic mass is 32.1. The van der Waals surface area contributed by atoms with E-state index in [-0.39, 0.29) is 11.8 Å². The standard InChI is InChI=1S/C15H18N2O3S/c1-17(10-13-4-3-8-20-13)14(18)5-2-7-16-15(19)12-6-9-21-11-12/h3-4,6,8-9,11H,2,5,7,10H2,1H3,(H,16,19). The Morgan fingerprint density at radius 1 is 1.38 bits per heavy atom. The average molecular weight is 306 g/mol. The number of nitrogens with zero attached hydrogens (tertiary/aromatic N) is 1. The predicted molar refractivity (Wildman–Crippen MR) is 81.1 cm³/mol. The zero-order chi connectivity index (χ0) is 15.1. The van der Waals surface area contributed by atoms with Crippen LogP contribution in [0.5, 0.6) is 0 Å². The number of carbonyl (C=O) groups is 2. The Morgan fingerprint density at radius 2 is 2.24 bits per heavy atom. The molecule has 2 aromatic heterocycles. The van der Waals surface area contributed by atoms with E-state index in [1.165, 1.54) is 11.3 Å². The van der Waals surface area contributed by atoms with Gasteiger partial charge in [-0.3, -0.25) is 9.59 Å². The van der Waals surface area contributed by atoms with Crippen LogP contribution in [0, 0.1) is 0 Å². The molecule has 2 heterocycles. The number of furan rings is 1. The van der Waals surface area contributed by atoms with Crippen LogP contribution in [0.25, 0.3) is 0 Å². The smallest absolute Gasteiger partial charge is 0.252 e. The summed E-state index contributed by atoms with van der Waals surface area (Å²) in [6, 6.07) is 5.42. The summed E-state index contributed by atoms with van der Waals surface area (Å²) < 4.78 is 5.20. The highest BCUT2D eigenvalue weighted by molar-refractivity contribution is 7.08. The van der Waals surface area contributed by atoms with Gasteiger partial charge in [0, 0.05) is 31.0 Å². The van der Waals surface area contributed by atoms with Crippen LogP contribution in [0.2, 0.25) is 0 Å². The van der Waals surface area contributed by atoms with Crippen molar-refractivity contribution >= 4 is 23.2 Å². The third-order valence-electron chi connectivity index (χ3n) is 3.04. The molecular formula is C15H18N2O3S. The van der Waals surface area contributed by atoms with E-state index < -0.39 is 0 Å². The van der Waals surface area contributed by atoms with Gasteiger partial charge in [-0.05, 0) is 30.0 Å². The number of rotatable bonds is 7. The summed E-state index contributed by atoms with van der Waals surface area (Å²) in [7, 11) is 1.74. The van der Waals surface area contributed by atoms with E-state index in [4.69, 9.17) is 4.42 Å². The highest BCUT2D eigenvalue weighted by Gasteiger charge is 2.11. The van der Waals surface area contributed by atoms with Gasteiger partial charge in [-0.15, -0.1) is 0 Å². The minimum atomic E-state index is -0.0901. The van der Waals surface area contributed by atoms with Crippen molar-refractivity contribution in [2.45, 2.75) is 19.4 Å². The van der Waals surface area contributed by atoms with Gasteiger partial charge in [-0.2, -0.15) is 11.3 Å². The number of thiophene rings is 1. The second kappa shape index (κ2) is 7.64. The molecule has 0 radical (unpaired) electrons. The minimum Gasteiger partial charge on any atom is -0.467 e. The molecule has 1 N–H and O–H groups in total. The Kier molecular flexibility index (Phi) is 5.57. The number of hydrogen-bond donors (Lipinski definition) is 1. The van der Waals surface area contributed by atoms with Crippen molar-refractivity contribution in [2.24, 2.45) is 0 Å². The molecule has 0 bridgehead atoms. The van der Waals surface area contributed by atoms with Crippen molar-refractivity contribution in [3.8, 4) is 0 Å². The molecule has 6 heteroatoms. The zero-order valence-corrected chi connectivity index (χ0v) is 12.7. The maximum Gasteiger partial charge on any atom is 0.252 e. The van der Waals surface area contributed by atoms with E-state index in [1.807, 2.05) is 11.4 Å². The van der Waals surface area contributed by atoms with E-state index in [2.05, 4.69) is 5.32 Å². The fourth-order valence-corrected chi connectivity index (χ4v) is 2.49. The van der Waals surface area contributed by atoms with Crippen LogP contribution in [0.4, 0.5) is 0 Å². The molecule has 0 aliphatic heterocycles. The quantitative estimate of drug-likeness (QED) is 0.800. The van der Waals surface area contributed by atoms with E-state index in [9.17, 15) is 9.59 Å². The maximum atomic E-state index is 11.9. The first kappa shape index (κ1) is 15.3. The molecule has 21 heavy (non-hydrogen) atoms. The molecule has 112 valence electrons. The molecule has 0 unspecified atom stereocenters. The molecule has 2 aromatic rings. The Hall–Kier alpha value is -2.08. The number of carbonyl (C=O) groups excluding carboxylic acids is 2. The monoisotopic (exact) mass is 306 g/mol. The average Bonchev–Trinajstić information content (AvgIpc) is 3.15. The first-order valence-electron chi connectivity index (χ1n) is 6.73. The Morgan fingerprint density at radius 3 is 2.90 bits per heavy atom. The molecule has 2 amide bonds. The van der Waals surface area contributed by atoms with Gasteiger partial charge < -0.3 is 14.6 Å². The normalized spacial score (nSPS) is 10.3. The summed E-state index contributed by atoms with van der Waals surface area (Å²) in [4.78, 5) is 25.2. The second-order valence-corrected chi connectivity index (χ2v) is 5.48. The fraction of sp³-hybridized carbons (Fsp3) is 0.333. The first-order valence-corrected chi connectivity index (χ1v) is 7.68. The van der Waals surface area contributed by atoms with Crippen molar-refractivity contribution in [1.29, 1.82) is 0 Å². The molecule has 0 saturated carbocycles. The van der Waals surface area contributed by atoms with Crippen LogP contribution in [-0.4, -0.2) is 30.3 Å². The van der Waals surface area contributed by atoms with Crippen LogP contribution in [0.1, 0.15) is 29.0 Å². The molecule has 0 atom stereocenters. The van der Waals surface area contributed by atoms with Crippen LogP contribution >= 0.6 is 11.3 Å². The number of amides is 2. The molecule has 5 nitrogen and oxygen atoms in total. The highest BCUT2D eigenvalue weighted by Crippen LogP contribution is 2.07. The second-order valence-electron chi connectivity index (χ2n) is 4.70. The summed E-state index contributed by atoms with van der Waals surface area (Å²) in [5.41, 5.74) is 0.668. The molecule has 0 spiro atoms. The van der Waals surface area contributed by atoms with Gasteiger partial charge in [0.25, 0.3) is 5.91 Å². The topological polar surface area (TPSA) is 62.6 Å². The van der Waals surface area contributed by atoms with Gasteiger partial charge in [0.05, 0.1) is 12.8 Å². The summed E-state index contributed by atoms with van der Waals surface area (Å²) in [5, 5.41) is 6.47. The first-order chi connectivity index (χ1) is 10.2. The van der Waals surface area contributed by atoms with Crippen molar-refractivity contribution in [3.05, 3.63) is 46.5 Å². The van der Waals surface area contributed by atoms with Gasteiger partial charge >= 0.3 is 0 Å². The third-order valence-corrected chi connectivity index (χ3v) is 3.72. The van der Waals surface area contributed by atoms with Crippen molar-refractivity contribution < 1.29 is 14.0 Å². The summed E-state index contributed by atoms with van der Waals surface area (Å²) in [5.74, 6) is 0.709. The van der Waals surface area contributed by atoms with Crippen LogP contribution < -0.4 is 5.32 Å². The van der Waals surface area contributed by atoms with Crippen LogP contribution in [-0.2, 0) is 11.3 Å². The Labute approximate surface area is 127 Å². The predicted octanol–water partition coefficient (Wildman–Crippen LogP) is 2.51. The van der Waals surface area contributed by atoms with Crippen LogP contribution in [0.3, 0.4) is 0 Å². The molecule has 2 rings (SSSR count). The maximum absolute atomic E-state index is 11.9. The number of hydrogen-bond acceptors (Lipinski definition) is 4. The minimum absolute atomic E-state index is 0.0381. The van der Waals surface area contributed by atoms with Gasteiger partial charge in [0.15, 0.2) is 0 Å². The SMILES string of the molecule is CN(Cc1ccco1)C(=O)CCCNC(=O)c1ccsc1. The lowest BCUT2D eigenvalue weighted by atomic mass is 10.2. The van der Waals surface area contributed by atoms with E-state index >= 15 is 0 Å². The van der Waals surface area contributed by atoms with E-state index in [1.54, 1.807) is 35.7 Å². The lowest BCUT2D eigenvalue weighted by Crippen LogP contribution is -2.28.